The zero-order chi connectivity index (χ0) is 17.9. The van der Waals surface area contributed by atoms with E-state index in [1.165, 1.54) is 49.7 Å². The number of allylic oxidation sites excluding steroid dienone is 1. The van der Waals surface area contributed by atoms with Crippen LogP contribution in [-0.4, -0.2) is 5.78 Å². The van der Waals surface area contributed by atoms with E-state index in [4.69, 9.17) is 0 Å². The number of carbonyl (C=O) groups is 1. The first-order valence-electron chi connectivity index (χ1n) is 9.57. The van der Waals surface area contributed by atoms with Crippen molar-refractivity contribution in [1.82, 2.24) is 0 Å². The average molecular weight is 335 g/mol. The molecule has 0 bridgehead atoms. The molecule has 0 aromatic heterocycles. The van der Waals surface area contributed by atoms with Crippen molar-refractivity contribution in [3.63, 3.8) is 0 Å². The van der Waals surface area contributed by atoms with Crippen molar-refractivity contribution in [2.24, 2.45) is 0 Å². The second kappa shape index (κ2) is 10.7. The van der Waals surface area contributed by atoms with Crippen molar-refractivity contribution in [3.8, 4) is 0 Å². The molecule has 0 radical (unpaired) electrons. The zero-order valence-electron chi connectivity index (χ0n) is 15.6. The van der Waals surface area contributed by atoms with Gasteiger partial charge in [0.05, 0.1) is 0 Å². The summed E-state index contributed by atoms with van der Waals surface area (Å²) in [6.07, 6.45) is 12.6. The number of benzene rings is 2. The largest absolute Gasteiger partial charge is 0.289 e. The van der Waals surface area contributed by atoms with E-state index in [9.17, 15) is 4.79 Å². The highest BCUT2D eigenvalue weighted by atomic mass is 16.1. The van der Waals surface area contributed by atoms with E-state index < -0.39 is 0 Å². The smallest absolute Gasteiger partial charge is 0.185 e. The Morgan fingerprint density at radius 2 is 1.48 bits per heavy atom. The molecule has 0 saturated carbocycles. The Bertz CT molecular complexity index is 662. The van der Waals surface area contributed by atoms with Crippen molar-refractivity contribution in [2.75, 3.05) is 0 Å². The average Bonchev–Trinajstić information content (AvgIpc) is 2.64. The predicted molar refractivity (Wildman–Crippen MR) is 108 cm³/mol. The maximum absolute atomic E-state index is 12.3. The summed E-state index contributed by atoms with van der Waals surface area (Å²) in [7, 11) is 0. The van der Waals surface area contributed by atoms with E-state index in [1.54, 1.807) is 6.08 Å². The fourth-order valence-corrected chi connectivity index (χ4v) is 2.89. The molecular weight excluding hydrogens is 304 g/mol. The Hall–Kier alpha value is -2.15. The minimum atomic E-state index is 0.0618. The summed E-state index contributed by atoms with van der Waals surface area (Å²) in [6, 6.07) is 16.3. The van der Waals surface area contributed by atoms with Gasteiger partial charge in [-0.3, -0.25) is 4.79 Å². The zero-order valence-corrected chi connectivity index (χ0v) is 15.6. The molecule has 0 atom stereocenters. The van der Waals surface area contributed by atoms with Crippen LogP contribution >= 0.6 is 0 Å². The van der Waals surface area contributed by atoms with Gasteiger partial charge in [-0.05, 0) is 37.0 Å². The molecule has 0 N–H and O–H groups in total. The van der Waals surface area contributed by atoms with E-state index in [2.05, 4.69) is 38.1 Å². The molecule has 1 heteroatoms. The molecule has 0 spiro atoms. The molecule has 0 saturated heterocycles. The molecule has 0 unspecified atom stereocenters. The van der Waals surface area contributed by atoms with Crippen LogP contribution in [0.4, 0.5) is 0 Å². The normalized spacial score (nSPS) is 11.1. The summed E-state index contributed by atoms with van der Waals surface area (Å²) in [5, 5.41) is 0. The Balaban J connectivity index is 1.80. The van der Waals surface area contributed by atoms with Gasteiger partial charge in [-0.2, -0.15) is 0 Å². The molecule has 0 aliphatic rings. The predicted octanol–water partition coefficient (Wildman–Crippen LogP) is 6.79. The summed E-state index contributed by atoms with van der Waals surface area (Å²) in [4.78, 5) is 12.3. The van der Waals surface area contributed by atoms with Crippen LogP contribution in [0.5, 0.6) is 0 Å². The minimum absolute atomic E-state index is 0.0618. The van der Waals surface area contributed by atoms with Crippen LogP contribution in [0.15, 0.2) is 54.6 Å². The summed E-state index contributed by atoms with van der Waals surface area (Å²) < 4.78 is 0. The van der Waals surface area contributed by atoms with Gasteiger partial charge in [0, 0.05) is 5.56 Å². The molecular formula is C24H30O. The molecule has 132 valence electrons. The standard InChI is InChI=1S/C24H30O/c1-3-4-5-6-7-8-9-21-14-17-23(18-15-21)24(25)19-16-22-12-10-20(2)11-13-22/h10-19H,3-9H2,1-2H3. The third-order valence-corrected chi connectivity index (χ3v) is 4.56. The SMILES string of the molecule is CCCCCCCCc1ccc(C(=O)C=Cc2ccc(C)cc2)cc1. The van der Waals surface area contributed by atoms with Crippen molar-refractivity contribution in [3.05, 3.63) is 76.9 Å². The lowest BCUT2D eigenvalue weighted by molar-refractivity contribution is 0.104. The fourth-order valence-electron chi connectivity index (χ4n) is 2.89. The van der Waals surface area contributed by atoms with Crippen LogP contribution in [0.3, 0.4) is 0 Å². The number of aryl methyl sites for hydroxylation is 2. The Kier molecular flexibility index (Phi) is 8.18. The monoisotopic (exact) mass is 334 g/mol. The molecule has 1 nitrogen and oxygen atoms in total. The Morgan fingerprint density at radius 1 is 0.840 bits per heavy atom. The summed E-state index contributed by atoms with van der Waals surface area (Å²) in [6.45, 7) is 4.31. The summed E-state index contributed by atoms with van der Waals surface area (Å²) in [5.74, 6) is 0.0618. The molecule has 2 aromatic rings. The van der Waals surface area contributed by atoms with E-state index in [1.807, 2.05) is 30.3 Å². The summed E-state index contributed by atoms with van der Waals surface area (Å²) >= 11 is 0. The third-order valence-electron chi connectivity index (χ3n) is 4.56. The fraction of sp³-hybridized carbons (Fsp3) is 0.375. The highest BCUT2D eigenvalue weighted by molar-refractivity contribution is 6.06. The molecule has 0 heterocycles. The van der Waals surface area contributed by atoms with Crippen LogP contribution in [0.1, 0.15) is 72.5 Å². The van der Waals surface area contributed by atoms with Gasteiger partial charge < -0.3 is 0 Å². The van der Waals surface area contributed by atoms with Gasteiger partial charge in [-0.15, -0.1) is 0 Å². The van der Waals surface area contributed by atoms with Gasteiger partial charge in [0.15, 0.2) is 5.78 Å². The van der Waals surface area contributed by atoms with Crippen molar-refractivity contribution in [2.45, 2.75) is 58.8 Å². The van der Waals surface area contributed by atoms with Gasteiger partial charge in [0.1, 0.15) is 0 Å². The lowest BCUT2D eigenvalue weighted by Gasteiger charge is -2.03. The number of carbonyl (C=O) groups excluding carboxylic acids is 1. The first-order valence-corrected chi connectivity index (χ1v) is 9.57. The Morgan fingerprint density at radius 3 is 2.16 bits per heavy atom. The van der Waals surface area contributed by atoms with E-state index >= 15 is 0 Å². The lowest BCUT2D eigenvalue weighted by atomic mass is 10.0. The topological polar surface area (TPSA) is 17.1 Å². The molecule has 2 aromatic carbocycles. The highest BCUT2D eigenvalue weighted by Gasteiger charge is 2.02. The second-order valence-corrected chi connectivity index (χ2v) is 6.82. The highest BCUT2D eigenvalue weighted by Crippen LogP contribution is 2.12. The lowest BCUT2D eigenvalue weighted by Crippen LogP contribution is -1.95. The summed E-state index contributed by atoms with van der Waals surface area (Å²) in [5.41, 5.74) is 4.37. The molecule has 0 aliphatic carbocycles. The van der Waals surface area contributed by atoms with E-state index in [0.717, 1.165) is 17.5 Å². The number of rotatable bonds is 10. The third kappa shape index (κ3) is 7.09. The van der Waals surface area contributed by atoms with Gasteiger partial charge in [0.2, 0.25) is 0 Å². The second-order valence-electron chi connectivity index (χ2n) is 6.82. The van der Waals surface area contributed by atoms with Crippen LogP contribution in [0, 0.1) is 6.92 Å². The van der Waals surface area contributed by atoms with Crippen molar-refractivity contribution >= 4 is 11.9 Å². The molecule has 2 rings (SSSR count). The van der Waals surface area contributed by atoms with Gasteiger partial charge in [-0.25, -0.2) is 0 Å². The van der Waals surface area contributed by atoms with Gasteiger partial charge in [0.25, 0.3) is 0 Å². The molecule has 0 fully saturated rings. The van der Waals surface area contributed by atoms with E-state index in [-0.39, 0.29) is 5.78 Å². The maximum Gasteiger partial charge on any atom is 0.185 e. The first kappa shape index (κ1) is 19.2. The first-order chi connectivity index (χ1) is 12.2. The molecule has 0 amide bonds. The molecule has 0 aliphatic heterocycles. The Labute approximate surface area is 152 Å². The van der Waals surface area contributed by atoms with Crippen LogP contribution in [0.25, 0.3) is 6.08 Å². The van der Waals surface area contributed by atoms with Crippen molar-refractivity contribution in [1.29, 1.82) is 0 Å². The number of ketones is 1. The van der Waals surface area contributed by atoms with Gasteiger partial charge in [-0.1, -0.05) is 99.2 Å². The maximum atomic E-state index is 12.3. The quantitative estimate of drug-likeness (QED) is 0.265. The van der Waals surface area contributed by atoms with Crippen LogP contribution in [-0.2, 0) is 6.42 Å². The number of hydrogen-bond acceptors (Lipinski definition) is 1. The number of unbranched alkanes of at least 4 members (excludes halogenated alkanes) is 5. The van der Waals surface area contributed by atoms with Crippen LogP contribution < -0.4 is 0 Å². The number of hydrogen-bond donors (Lipinski definition) is 0. The van der Waals surface area contributed by atoms with Gasteiger partial charge >= 0.3 is 0 Å². The minimum Gasteiger partial charge on any atom is -0.289 e. The van der Waals surface area contributed by atoms with Crippen molar-refractivity contribution < 1.29 is 4.79 Å². The van der Waals surface area contributed by atoms with Crippen LogP contribution in [0.2, 0.25) is 0 Å². The molecule has 25 heavy (non-hydrogen) atoms. The van der Waals surface area contributed by atoms with E-state index in [0.29, 0.717) is 0 Å².